The molecule has 0 bridgehead atoms. The lowest BCUT2D eigenvalue weighted by Gasteiger charge is -2.17. The van der Waals surface area contributed by atoms with Crippen molar-refractivity contribution in [1.29, 1.82) is 5.26 Å². The van der Waals surface area contributed by atoms with E-state index in [2.05, 4.69) is 0 Å². The van der Waals surface area contributed by atoms with Crippen molar-refractivity contribution in [1.82, 2.24) is 4.31 Å². The van der Waals surface area contributed by atoms with Crippen molar-refractivity contribution in [3.8, 4) is 6.07 Å². The van der Waals surface area contributed by atoms with Gasteiger partial charge >= 0.3 is 0 Å². The summed E-state index contributed by atoms with van der Waals surface area (Å²) >= 11 is 0. The number of hydrogen-bond acceptors (Lipinski definition) is 5. The molecule has 1 aromatic rings. The third-order valence-corrected chi connectivity index (χ3v) is 5.70. The van der Waals surface area contributed by atoms with Gasteiger partial charge < -0.3 is 9.47 Å². The highest BCUT2D eigenvalue weighted by atomic mass is 32.2. The van der Waals surface area contributed by atoms with Gasteiger partial charge in [0.2, 0.25) is 10.0 Å². The maximum atomic E-state index is 12.7. The Morgan fingerprint density at radius 1 is 1.24 bits per heavy atom. The van der Waals surface area contributed by atoms with Crippen LogP contribution in [-0.4, -0.2) is 52.2 Å². The van der Waals surface area contributed by atoms with Gasteiger partial charge in [0.05, 0.1) is 28.7 Å². The van der Waals surface area contributed by atoms with Crippen molar-refractivity contribution in [3.05, 3.63) is 29.3 Å². The van der Waals surface area contributed by atoms with Crippen molar-refractivity contribution < 1.29 is 17.9 Å². The van der Waals surface area contributed by atoms with Crippen LogP contribution >= 0.6 is 0 Å². The number of nitrogens with zero attached hydrogens (tertiary/aromatic N) is 2. The van der Waals surface area contributed by atoms with Gasteiger partial charge in [-0.25, -0.2) is 8.42 Å². The molecule has 0 N–H and O–H groups in total. The van der Waals surface area contributed by atoms with Gasteiger partial charge in [0.1, 0.15) is 0 Å². The zero-order chi connectivity index (χ0) is 15.6. The number of hydrogen-bond donors (Lipinski definition) is 0. The molecule has 0 spiro atoms. The molecule has 1 fully saturated rings. The first-order chi connectivity index (χ1) is 9.93. The highest BCUT2D eigenvalue weighted by Gasteiger charge is 2.40. The Kier molecular flexibility index (Phi) is 4.64. The summed E-state index contributed by atoms with van der Waals surface area (Å²) in [5, 5.41) is 8.86. The van der Waals surface area contributed by atoms with E-state index >= 15 is 0 Å². The van der Waals surface area contributed by atoms with Gasteiger partial charge in [-0.3, -0.25) is 0 Å². The summed E-state index contributed by atoms with van der Waals surface area (Å²) < 4.78 is 37.3. The first-order valence-electron chi connectivity index (χ1n) is 6.50. The van der Waals surface area contributed by atoms with E-state index in [0.29, 0.717) is 11.1 Å². The monoisotopic (exact) mass is 310 g/mol. The Hall–Kier alpha value is -1.46. The van der Waals surface area contributed by atoms with Gasteiger partial charge in [-0.1, -0.05) is 0 Å². The van der Waals surface area contributed by atoms with Crippen LogP contribution in [0.15, 0.2) is 23.1 Å². The predicted octanol–water partition coefficient (Wildman–Crippen LogP) is 0.901. The molecule has 2 rings (SSSR count). The van der Waals surface area contributed by atoms with Crippen LogP contribution in [0.2, 0.25) is 0 Å². The molecule has 1 aromatic carbocycles. The van der Waals surface area contributed by atoms with Crippen LogP contribution < -0.4 is 0 Å². The van der Waals surface area contributed by atoms with Crippen molar-refractivity contribution >= 4 is 10.0 Å². The number of benzene rings is 1. The summed E-state index contributed by atoms with van der Waals surface area (Å²) in [4.78, 5) is 0.216. The molecule has 1 heterocycles. The van der Waals surface area contributed by atoms with Crippen LogP contribution in [0.25, 0.3) is 0 Å². The van der Waals surface area contributed by atoms with Gasteiger partial charge in [-0.2, -0.15) is 9.57 Å². The summed E-state index contributed by atoms with van der Waals surface area (Å²) in [6.45, 7) is 2.21. The maximum Gasteiger partial charge on any atom is 0.243 e. The van der Waals surface area contributed by atoms with Gasteiger partial charge in [0.15, 0.2) is 0 Å². The second-order valence-corrected chi connectivity index (χ2v) is 6.87. The maximum absolute atomic E-state index is 12.7. The molecule has 0 amide bonds. The molecule has 2 atom stereocenters. The number of methoxy groups -OCH3 is 2. The van der Waals surface area contributed by atoms with Crippen molar-refractivity contribution in [2.45, 2.75) is 24.0 Å². The molecule has 2 unspecified atom stereocenters. The standard InChI is InChI=1S/C14H18N2O4S/c1-10-6-11(7-15)4-5-14(10)21(17,18)16-8-12(19-2)13(9-16)20-3/h4-6,12-13H,8-9H2,1-3H3. The van der Waals surface area contributed by atoms with Crippen LogP contribution in [0.3, 0.4) is 0 Å². The fraction of sp³-hybridized carbons (Fsp3) is 0.500. The zero-order valence-corrected chi connectivity index (χ0v) is 13.1. The molecule has 0 aliphatic carbocycles. The summed E-state index contributed by atoms with van der Waals surface area (Å²) in [5.41, 5.74) is 1.00. The highest BCUT2D eigenvalue weighted by Crippen LogP contribution is 2.26. The molecule has 0 radical (unpaired) electrons. The fourth-order valence-electron chi connectivity index (χ4n) is 2.51. The van der Waals surface area contributed by atoms with Crippen molar-refractivity contribution in [3.63, 3.8) is 0 Å². The summed E-state index contributed by atoms with van der Waals surface area (Å²) in [7, 11) is -0.534. The SMILES string of the molecule is COC1CN(S(=O)(=O)c2ccc(C#N)cc2C)CC1OC. The fourth-order valence-corrected chi connectivity index (χ4v) is 4.18. The highest BCUT2D eigenvalue weighted by molar-refractivity contribution is 7.89. The molecule has 0 aromatic heterocycles. The third-order valence-electron chi connectivity index (χ3n) is 3.71. The van der Waals surface area contributed by atoms with E-state index in [4.69, 9.17) is 14.7 Å². The molecule has 6 nitrogen and oxygen atoms in total. The van der Waals surface area contributed by atoms with Gasteiger partial charge in [-0.15, -0.1) is 0 Å². The number of aryl methyl sites for hydroxylation is 1. The Morgan fingerprint density at radius 2 is 1.81 bits per heavy atom. The first kappa shape index (κ1) is 15.9. The average molecular weight is 310 g/mol. The second-order valence-electron chi connectivity index (χ2n) is 4.96. The van der Waals surface area contributed by atoms with Gasteiger partial charge in [0.25, 0.3) is 0 Å². The predicted molar refractivity (Wildman–Crippen MR) is 76.2 cm³/mol. The molecule has 1 saturated heterocycles. The molecule has 7 heteroatoms. The van der Waals surface area contributed by atoms with Gasteiger partial charge in [0, 0.05) is 27.3 Å². The van der Waals surface area contributed by atoms with Crippen LogP contribution in [0.1, 0.15) is 11.1 Å². The molecule has 0 saturated carbocycles. The molecule has 1 aliphatic heterocycles. The lowest BCUT2D eigenvalue weighted by molar-refractivity contribution is -0.00461. The number of rotatable bonds is 4. The summed E-state index contributed by atoms with van der Waals surface area (Å²) in [5.74, 6) is 0. The topological polar surface area (TPSA) is 79.6 Å². The smallest absolute Gasteiger partial charge is 0.243 e. The van der Waals surface area contributed by atoms with Crippen LogP contribution in [0.5, 0.6) is 0 Å². The zero-order valence-electron chi connectivity index (χ0n) is 12.2. The molecule has 114 valence electrons. The van der Waals surface area contributed by atoms with E-state index in [1.807, 2.05) is 6.07 Å². The largest absolute Gasteiger partial charge is 0.377 e. The lowest BCUT2D eigenvalue weighted by Crippen LogP contribution is -2.30. The van der Waals surface area contributed by atoms with E-state index in [1.54, 1.807) is 27.2 Å². The molecule has 1 aliphatic rings. The Bertz CT molecular complexity index is 654. The minimum absolute atomic E-state index is 0.216. The van der Waals surface area contributed by atoms with E-state index < -0.39 is 10.0 Å². The van der Waals surface area contributed by atoms with Crippen molar-refractivity contribution in [2.24, 2.45) is 0 Å². The normalized spacial score (nSPS) is 23.1. The third kappa shape index (κ3) is 2.94. The van der Waals surface area contributed by atoms with E-state index in [0.717, 1.165) is 0 Å². The minimum Gasteiger partial charge on any atom is -0.377 e. The van der Waals surface area contributed by atoms with E-state index in [-0.39, 0.29) is 30.2 Å². The van der Waals surface area contributed by atoms with E-state index in [9.17, 15) is 8.42 Å². The number of ether oxygens (including phenoxy) is 2. The van der Waals surface area contributed by atoms with Crippen molar-refractivity contribution in [2.75, 3.05) is 27.3 Å². The minimum atomic E-state index is -3.62. The van der Waals surface area contributed by atoms with Gasteiger partial charge in [-0.05, 0) is 30.7 Å². The molecular formula is C14H18N2O4S. The number of nitriles is 1. The first-order valence-corrected chi connectivity index (χ1v) is 7.94. The van der Waals surface area contributed by atoms with E-state index in [1.165, 1.54) is 16.4 Å². The Balaban J connectivity index is 2.33. The Morgan fingerprint density at radius 3 is 2.24 bits per heavy atom. The quantitative estimate of drug-likeness (QED) is 0.825. The molecular weight excluding hydrogens is 292 g/mol. The summed E-state index contributed by atoms with van der Waals surface area (Å²) in [6, 6.07) is 6.56. The van der Waals surface area contributed by atoms with Crippen LogP contribution in [0, 0.1) is 18.3 Å². The Labute approximate surface area is 124 Å². The summed E-state index contributed by atoms with van der Waals surface area (Å²) in [6.07, 6.45) is -0.549. The number of sulfonamides is 1. The molecule has 21 heavy (non-hydrogen) atoms. The van der Waals surface area contributed by atoms with Crippen LogP contribution in [0.4, 0.5) is 0 Å². The lowest BCUT2D eigenvalue weighted by atomic mass is 10.2. The van der Waals surface area contributed by atoms with Crippen LogP contribution in [-0.2, 0) is 19.5 Å². The second kappa shape index (κ2) is 6.12. The average Bonchev–Trinajstić information content (AvgIpc) is 2.90.